The molecule has 270 valence electrons. The zero-order chi connectivity index (χ0) is 38.0. The van der Waals surface area contributed by atoms with Crippen LogP contribution in [0.15, 0.2) is 121 Å². The van der Waals surface area contributed by atoms with Gasteiger partial charge in [-0.2, -0.15) is 0 Å². The molecule has 8 rings (SSSR count). The fourth-order valence-electron chi connectivity index (χ4n) is 8.63. The summed E-state index contributed by atoms with van der Waals surface area (Å²) in [5.74, 6) is 0.664. The van der Waals surface area contributed by atoms with E-state index in [0.717, 1.165) is 11.4 Å². The molecule has 8 aromatic carbocycles. The van der Waals surface area contributed by atoms with Crippen molar-refractivity contribution in [3.05, 3.63) is 166 Å². The van der Waals surface area contributed by atoms with E-state index >= 15 is 0 Å². The van der Waals surface area contributed by atoms with Crippen LogP contribution in [0.5, 0.6) is 0 Å². The highest BCUT2D eigenvalue weighted by molar-refractivity contribution is 6.29. The number of anilines is 6. The molecule has 0 fully saturated rings. The number of benzene rings is 8. The van der Waals surface area contributed by atoms with Crippen LogP contribution in [-0.4, -0.2) is 0 Å². The molecule has 2 heteroatoms. The Hall–Kier alpha value is -5.60. The molecule has 2 nitrogen and oxygen atoms in total. The maximum absolute atomic E-state index is 2.51. The van der Waals surface area contributed by atoms with E-state index in [1.807, 2.05) is 0 Å². The van der Waals surface area contributed by atoms with Gasteiger partial charge < -0.3 is 9.80 Å². The average Bonchev–Trinajstić information content (AvgIpc) is 3.16. The predicted octanol–water partition coefficient (Wildman–Crippen LogP) is 15.6. The second kappa shape index (κ2) is 13.7. The lowest BCUT2D eigenvalue weighted by Gasteiger charge is -2.32. The molecule has 8 aromatic rings. The first-order valence-corrected chi connectivity index (χ1v) is 19.6. The molecule has 0 N–H and O–H groups in total. The topological polar surface area (TPSA) is 6.48 Å². The van der Waals surface area contributed by atoms with Crippen LogP contribution in [0.25, 0.3) is 32.3 Å². The van der Waals surface area contributed by atoms with Crippen molar-refractivity contribution in [2.24, 2.45) is 0 Å². The summed E-state index contributed by atoms with van der Waals surface area (Å²) in [4.78, 5) is 4.98. The minimum Gasteiger partial charge on any atom is -0.310 e. The number of rotatable bonds is 8. The molecule has 0 bridgehead atoms. The minimum atomic E-state index is 0.329. The molecular formula is C52H52N2. The van der Waals surface area contributed by atoms with Crippen LogP contribution >= 0.6 is 0 Å². The molecule has 0 aromatic heterocycles. The summed E-state index contributed by atoms with van der Waals surface area (Å²) >= 11 is 0. The van der Waals surface area contributed by atoms with Crippen molar-refractivity contribution in [3.63, 3.8) is 0 Å². The Labute approximate surface area is 322 Å². The van der Waals surface area contributed by atoms with Gasteiger partial charge >= 0.3 is 0 Å². The number of hydrogen-bond donors (Lipinski definition) is 0. The minimum absolute atomic E-state index is 0.329. The average molecular weight is 705 g/mol. The third kappa shape index (κ3) is 5.80. The fourth-order valence-corrected chi connectivity index (χ4v) is 8.63. The van der Waals surface area contributed by atoms with Gasteiger partial charge in [0.1, 0.15) is 0 Å². The Kier molecular flexibility index (Phi) is 8.97. The Balaban J connectivity index is 1.53. The SMILES string of the molecule is Cc1cc(N(c2ccccc2)c2ccc3c(C(C)C)cc4c(N(c5ccccc5)c5cc(C)c(C)c(C)c5)cc(C(C)C)c5ccc2c3c54)cc(C)c1C. The van der Waals surface area contributed by atoms with Gasteiger partial charge in [0, 0.05) is 33.5 Å². The zero-order valence-corrected chi connectivity index (χ0v) is 33.6. The van der Waals surface area contributed by atoms with Gasteiger partial charge in [0.25, 0.3) is 0 Å². The summed E-state index contributed by atoms with van der Waals surface area (Å²) in [6, 6.07) is 45.8. The number of hydrogen-bond acceptors (Lipinski definition) is 2. The van der Waals surface area contributed by atoms with Crippen molar-refractivity contribution in [3.8, 4) is 0 Å². The molecule has 0 aliphatic rings. The largest absolute Gasteiger partial charge is 0.310 e. The van der Waals surface area contributed by atoms with Crippen LogP contribution < -0.4 is 9.80 Å². The van der Waals surface area contributed by atoms with E-state index in [2.05, 4.69) is 200 Å². The third-order valence-electron chi connectivity index (χ3n) is 12.0. The van der Waals surface area contributed by atoms with E-state index in [-0.39, 0.29) is 0 Å². The van der Waals surface area contributed by atoms with Crippen molar-refractivity contribution in [1.29, 1.82) is 0 Å². The molecule has 0 spiro atoms. The molecule has 0 saturated carbocycles. The predicted molar refractivity (Wildman–Crippen MR) is 236 cm³/mol. The Morgan fingerprint density at radius 1 is 0.352 bits per heavy atom. The van der Waals surface area contributed by atoms with Gasteiger partial charge in [0.2, 0.25) is 0 Å². The Bertz CT molecular complexity index is 2610. The second-order valence-corrected chi connectivity index (χ2v) is 16.1. The first-order chi connectivity index (χ1) is 25.9. The van der Waals surface area contributed by atoms with Gasteiger partial charge in [-0.1, -0.05) is 82.3 Å². The van der Waals surface area contributed by atoms with Crippen molar-refractivity contribution >= 4 is 66.4 Å². The monoisotopic (exact) mass is 704 g/mol. The maximum atomic E-state index is 2.51. The van der Waals surface area contributed by atoms with Crippen molar-refractivity contribution < 1.29 is 0 Å². The third-order valence-corrected chi connectivity index (χ3v) is 12.0. The van der Waals surface area contributed by atoms with E-state index in [4.69, 9.17) is 0 Å². The van der Waals surface area contributed by atoms with Gasteiger partial charge in [0.05, 0.1) is 11.4 Å². The van der Waals surface area contributed by atoms with E-state index in [1.54, 1.807) is 0 Å². The lowest BCUT2D eigenvalue weighted by molar-refractivity contribution is 0.874. The summed E-state index contributed by atoms with van der Waals surface area (Å²) < 4.78 is 0. The van der Waals surface area contributed by atoms with E-state index in [1.165, 1.54) is 99.6 Å². The van der Waals surface area contributed by atoms with Gasteiger partial charge in [0.15, 0.2) is 0 Å². The number of nitrogens with zero attached hydrogens (tertiary/aromatic N) is 2. The molecule has 54 heavy (non-hydrogen) atoms. The Morgan fingerprint density at radius 3 is 1.20 bits per heavy atom. The van der Waals surface area contributed by atoms with Crippen LogP contribution in [0.4, 0.5) is 34.1 Å². The van der Waals surface area contributed by atoms with E-state index in [0.29, 0.717) is 11.8 Å². The highest BCUT2D eigenvalue weighted by atomic mass is 15.1. The maximum Gasteiger partial charge on any atom is 0.0543 e. The number of aryl methyl sites for hydroxylation is 4. The molecule has 0 saturated heterocycles. The van der Waals surface area contributed by atoms with Crippen LogP contribution in [0.3, 0.4) is 0 Å². The van der Waals surface area contributed by atoms with Crippen molar-refractivity contribution in [2.75, 3.05) is 9.80 Å². The van der Waals surface area contributed by atoms with Gasteiger partial charge in [-0.05, 0) is 186 Å². The molecule has 0 heterocycles. The van der Waals surface area contributed by atoms with Crippen LogP contribution in [0.1, 0.15) is 84.0 Å². The lowest BCUT2D eigenvalue weighted by atomic mass is 9.83. The highest BCUT2D eigenvalue weighted by Gasteiger charge is 2.26. The van der Waals surface area contributed by atoms with Crippen LogP contribution in [0.2, 0.25) is 0 Å². The molecular weight excluding hydrogens is 653 g/mol. The summed E-state index contributed by atoms with van der Waals surface area (Å²) in [5, 5.41) is 7.94. The highest BCUT2D eigenvalue weighted by Crippen LogP contribution is 2.51. The molecule has 0 radical (unpaired) electrons. The van der Waals surface area contributed by atoms with Crippen molar-refractivity contribution in [2.45, 2.75) is 81.1 Å². The van der Waals surface area contributed by atoms with Crippen molar-refractivity contribution in [1.82, 2.24) is 0 Å². The normalized spacial score (nSPS) is 11.9. The molecule has 0 unspecified atom stereocenters. The molecule has 0 aliphatic heterocycles. The first kappa shape index (κ1) is 35.4. The zero-order valence-electron chi connectivity index (χ0n) is 33.6. The summed E-state index contributed by atoms with van der Waals surface area (Å²) in [6.07, 6.45) is 0. The molecule has 0 atom stereocenters. The Morgan fingerprint density at radius 2 is 0.741 bits per heavy atom. The fraction of sp³-hybridized carbons (Fsp3) is 0.231. The van der Waals surface area contributed by atoms with Gasteiger partial charge in [-0.25, -0.2) is 0 Å². The second-order valence-electron chi connectivity index (χ2n) is 16.1. The van der Waals surface area contributed by atoms with E-state index < -0.39 is 0 Å². The summed E-state index contributed by atoms with van der Waals surface area (Å²) in [6.45, 7) is 22.8. The standard InChI is InChI=1S/C52H52N2/c1-31(2)46-29-48-50(54(40-19-15-12-16-20-40)42-27-35(7)38(10)36(8)28-42)30-47(32(3)4)43-21-22-45-49(24-23-44(46)51(45)52(43)48)53(39-17-13-11-14-18-39)41-25-33(5)37(9)34(6)26-41/h11-32H,1-10H3. The van der Waals surface area contributed by atoms with Crippen LogP contribution in [0, 0.1) is 41.5 Å². The van der Waals surface area contributed by atoms with E-state index in [9.17, 15) is 0 Å². The molecule has 0 amide bonds. The lowest BCUT2D eigenvalue weighted by Crippen LogP contribution is -2.13. The van der Waals surface area contributed by atoms with Gasteiger partial charge in [-0.15, -0.1) is 0 Å². The number of para-hydroxylation sites is 2. The first-order valence-electron chi connectivity index (χ1n) is 19.6. The van der Waals surface area contributed by atoms with Gasteiger partial charge in [-0.3, -0.25) is 0 Å². The molecule has 0 aliphatic carbocycles. The summed E-state index contributed by atoms with van der Waals surface area (Å²) in [5.41, 5.74) is 17.8. The quantitative estimate of drug-likeness (QED) is 0.145. The smallest absolute Gasteiger partial charge is 0.0543 e. The van der Waals surface area contributed by atoms with Crippen LogP contribution in [-0.2, 0) is 0 Å². The summed E-state index contributed by atoms with van der Waals surface area (Å²) in [7, 11) is 0.